The van der Waals surface area contributed by atoms with Crippen molar-refractivity contribution in [3.63, 3.8) is 0 Å². The third-order valence-electron chi connectivity index (χ3n) is 2.25. The quantitative estimate of drug-likeness (QED) is 0.770. The minimum absolute atomic E-state index is 0.219. The average molecular weight is 205 g/mol. The van der Waals surface area contributed by atoms with Crippen molar-refractivity contribution in [1.29, 1.82) is 0 Å². The van der Waals surface area contributed by atoms with Crippen LogP contribution in [0.3, 0.4) is 0 Å². The van der Waals surface area contributed by atoms with Crippen molar-refractivity contribution in [3.05, 3.63) is 35.9 Å². The molecule has 1 N–H and O–H groups in total. The Hall–Kier alpha value is -1.77. The van der Waals surface area contributed by atoms with Gasteiger partial charge in [0.05, 0.1) is 7.11 Å². The van der Waals surface area contributed by atoms with E-state index in [1.807, 2.05) is 26.0 Å². The zero-order chi connectivity index (χ0) is 11.4. The summed E-state index contributed by atoms with van der Waals surface area (Å²) < 4.78 is 5.25. The van der Waals surface area contributed by atoms with Gasteiger partial charge >= 0.3 is 0 Å². The topological polar surface area (TPSA) is 38.3 Å². The highest BCUT2D eigenvalue weighted by Crippen LogP contribution is 2.28. The predicted molar refractivity (Wildman–Crippen MR) is 61.3 cm³/mol. The molecule has 3 nitrogen and oxygen atoms in total. The van der Waals surface area contributed by atoms with Gasteiger partial charge in [-0.05, 0) is 31.6 Å². The molecule has 1 aromatic rings. The van der Waals surface area contributed by atoms with E-state index in [1.165, 1.54) is 6.08 Å². The van der Waals surface area contributed by atoms with E-state index in [-0.39, 0.29) is 5.91 Å². The number of methoxy groups -OCH3 is 1. The van der Waals surface area contributed by atoms with E-state index in [9.17, 15) is 4.79 Å². The lowest BCUT2D eigenvalue weighted by molar-refractivity contribution is -0.111. The molecule has 0 aromatic heterocycles. The summed E-state index contributed by atoms with van der Waals surface area (Å²) in [4.78, 5) is 11.1. The number of anilines is 1. The standard InChI is InChI=1S/C12H15NO2/c1-5-11(14)13-10-7-6-8(2)12(15-4)9(10)3/h5-7H,1H2,2-4H3,(H,13,14). The number of hydrogen-bond acceptors (Lipinski definition) is 2. The van der Waals surface area contributed by atoms with Crippen molar-refractivity contribution in [2.45, 2.75) is 13.8 Å². The van der Waals surface area contributed by atoms with Gasteiger partial charge in [-0.15, -0.1) is 0 Å². The summed E-state index contributed by atoms with van der Waals surface area (Å²) in [5.74, 6) is 0.584. The van der Waals surface area contributed by atoms with Crippen LogP contribution in [-0.2, 0) is 4.79 Å². The van der Waals surface area contributed by atoms with Crippen LogP contribution in [0, 0.1) is 13.8 Å². The minimum Gasteiger partial charge on any atom is -0.496 e. The number of benzene rings is 1. The molecule has 0 unspecified atom stereocenters. The van der Waals surface area contributed by atoms with Crippen molar-refractivity contribution >= 4 is 11.6 Å². The molecule has 0 aliphatic heterocycles. The Morgan fingerprint density at radius 2 is 2.13 bits per heavy atom. The summed E-state index contributed by atoms with van der Waals surface area (Å²) in [5, 5.41) is 2.72. The van der Waals surface area contributed by atoms with Crippen LogP contribution in [0.25, 0.3) is 0 Å². The Labute approximate surface area is 89.8 Å². The zero-order valence-corrected chi connectivity index (χ0v) is 9.26. The maximum Gasteiger partial charge on any atom is 0.247 e. The number of carbonyl (C=O) groups excluding carboxylic acids is 1. The van der Waals surface area contributed by atoms with Crippen molar-refractivity contribution < 1.29 is 9.53 Å². The highest BCUT2D eigenvalue weighted by Gasteiger charge is 2.08. The lowest BCUT2D eigenvalue weighted by atomic mass is 10.1. The van der Waals surface area contributed by atoms with Crippen LogP contribution < -0.4 is 10.1 Å². The van der Waals surface area contributed by atoms with Crippen LogP contribution in [0.15, 0.2) is 24.8 Å². The molecule has 0 aliphatic rings. The van der Waals surface area contributed by atoms with E-state index in [4.69, 9.17) is 4.74 Å². The molecule has 15 heavy (non-hydrogen) atoms. The predicted octanol–water partition coefficient (Wildman–Crippen LogP) is 2.44. The molecule has 1 amide bonds. The molecule has 0 spiro atoms. The Morgan fingerprint density at radius 3 is 2.67 bits per heavy atom. The van der Waals surface area contributed by atoms with Gasteiger partial charge in [0.2, 0.25) is 5.91 Å². The van der Waals surface area contributed by atoms with Gasteiger partial charge in [0, 0.05) is 11.3 Å². The van der Waals surface area contributed by atoms with Gasteiger partial charge in [-0.25, -0.2) is 0 Å². The first-order valence-electron chi connectivity index (χ1n) is 4.67. The Balaban J connectivity index is 3.10. The second-order valence-corrected chi connectivity index (χ2v) is 3.28. The molecule has 0 atom stereocenters. The summed E-state index contributed by atoms with van der Waals surface area (Å²) in [6, 6.07) is 3.76. The van der Waals surface area contributed by atoms with Crippen molar-refractivity contribution in [2.75, 3.05) is 12.4 Å². The number of amides is 1. The normalized spacial score (nSPS) is 9.53. The molecule has 0 radical (unpaired) electrons. The monoisotopic (exact) mass is 205 g/mol. The molecule has 1 aromatic carbocycles. The molecule has 0 bridgehead atoms. The SMILES string of the molecule is C=CC(=O)Nc1ccc(C)c(OC)c1C. The number of carbonyl (C=O) groups is 1. The fourth-order valence-electron chi connectivity index (χ4n) is 1.46. The summed E-state index contributed by atoms with van der Waals surface area (Å²) in [6.07, 6.45) is 1.24. The number of aryl methyl sites for hydroxylation is 1. The number of hydrogen-bond donors (Lipinski definition) is 1. The molecule has 0 fully saturated rings. The number of nitrogens with one attached hydrogen (secondary N) is 1. The molecule has 0 aliphatic carbocycles. The first-order valence-corrected chi connectivity index (χ1v) is 4.67. The van der Waals surface area contributed by atoms with Crippen molar-refractivity contribution in [3.8, 4) is 5.75 Å². The van der Waals surface area contributed by atoms with Gasteiger partial charge in [0.1, 0.15) is 5.75 Å². The van der Waals surface area contributed by atoms with E-state index >= 15 is 0 Å². The van der Waals surface area contributed by atoms with Crippen molar-refractivity contribution in [2.24, 2.45) is 0 Å². The van der Waals surface area contributed by atoms with Crippen LogP contribution in [-0.4, -0.2) is 13.0 Å². The molecule has 3 heteroatoms. The van der Waals surface area contributed by atoms with Gasteiger partial charge in [-0.3, -0.25) is 4.79 Å². The minimum atomic E-state index is -0.219. The highest BCUT2D eigenvalue weighted by atomic mass is 16.5. The fourth-order valence-corrected chi connectivity index (χ4v) is 1.46. The Bertz CT molecular complexity index is 397. The largest absolute Gasteiger partial charge is 0.496 e. The third kappa shape index (κ3) is 2.37. The maximum atomic E-state index is 11.1. The van der Waals surface area contributed by atoms with E-state index in [0.717, 1.165) is 22.6 Å². The lowest BCUT2D eigenvalue weighted by Crippen LogP contribution is -2.09. The molecule has 0 heterocycles. The van der Waals surface area contributed by atoms with Crippen LogP contribution >= 0.6 is 0 Å². The summed E-state index contributed by atoms with van der Waals surface area (Å²) >= 11 is 0. The summed E-state index contributed by atoms with van der Waals surface area (Å²) in [5.41, 5.74) is 2.72. The first-order chi connectivity index (χ1) is 7.10. The fraction of sp³-hybridized carbons (Fsp3) is 0.250. The van der Waals surface area contributed by atoms with Crippen LogP contribution in [0.5, 0.6) is 5.75 Å². The van der Waals surface area contributed by atoms with Crippen LogP contribution in [0.4, 0.5) is 5.69 Å². The van der Waals surface area contributed by atoms with Crippen LogP contribution in [0.2, 0.25) is 0 Å². The van der Waals surface area contributed by atoms with Gasteiger partial charge in [0.25, 0.3) is 0 Å². The Morgan fingerprint density at radius 1 is 1.47 bits per heavy atom. The van der Waals surface area contributed by atoms with Gasteiger partial charge < -0.3 is 10.1 Å². The number of rotatable bonds is 3. The molecular weight excluding hydrogens is 190 g/mol. The molecule has 80 valence electrons. The van der Waals surface area contributed by atoms with Gasteiger partial charge in [-0.2, -0.15) is 0 Å². The first kappa shape index (κ1) is 11.3. The highest BCUT2D eigenvalue weighted by molar-refractivity contribution is 5.99. The zero-order valence-electron chi connectivity index (χ0n) is 9.26. The lowest BCUT2D eigenvalue weighted by Gasteiger charge is -2.13. The third-order valence-corrected chi connectivity index (χ3v) is 2.25. The Kier molecular flexibility index (Phi) is 3.50. The smallest absolute Gasteiger partial charge is 0.247 e. The summed E-state index contributed by atoms with van der Waals surface area (Å²) in [7, 11) is 1.62. The van der Waals surface area contributed by atoms with Crippen LogP contribution in [0.1, 0.15) is 11.1 Å². The average Bonchev–Trinajstić information content (AvgIpc) is 2.23. The van der Waals surface area contributed by atoms with E-state index in [2.05, 4.69) is 11.9 Å². The van der Waals surface area contributed by atoms with E-state index in [0.29, 0.717) is 0 Å². The second-order valence-electron chi connectivity index (χ2n) is 3.28. The second kappa shape index (κ2) is 4.64. The molecule has 1 rings (SSSR count). The summed E-state index contributed by atoms with van der Waals surface area (Å²) in [6.45, 7) is 7.27. The van der Waals surface area contributed by atoms with E-state index in [1.54, 1.807) is 7.11 Å². The molecule has 0 saturated carbocycles. The molecule has 0 saturated heterocycles. The molecular formula is C12H15NO2. The van der Waals surface area contributed by atoms with Gasteiger partial charge in [0.15, 0.2) is 0 Å². The van der Waals surface area contributed by atoms with E-state index < -0.39 is 0 Å². The maximum absolute atomic E-state index is 11.1. The van der Waals surface area contributed by atoms with Gasteiger partial charge in [-0.1, -0.05) is 12.6 Å². The number of ether oxygens (including phenoxy) is 1. The van der Waals surface area contributed by atoms with Crippen molar-refractivity contribution in [1.82, 2.24) is 0 Å².